The van der Waals surface area contributed by atoms with Gasteiger partial charge in [0.1, 0.15) is 6.10 Å². The molecule has 6 nitrogen and oxygen atoms in total. The maximum absolute atomic E-state index is 9.68. The highest BCUT2D eigenvalue weighted by molar-refractivity contribution is 5.63. The molecule has 0 bridgehead atoms. The number of fused-ring (bicyclic) bond motifs is 1. The van der Waals surface area contributed by atoms with Crippen molar-refractivity contribution in [3.63, 3.8) is 0 Å². The second-order valence-corrected chi connectivity index (χ2v) is 5.12. The van der Waals surface area contributed by atoms with E-state index in [-0.39, 0.29) is 6.04 Å². The molecule has 3 heterocycles. The molecular formula is C14H17N5O. The molecule has 0 aliphatic heterocycles. The van der Waals surface area contributed by atoms with Gasteiger partial charge in [0.05, 0.1) is 5.52 Å². The molecule has 1 N–H and O–H groups in total. The average molecular weight is 271 g/mol. The summed E-state index contributed by atoms with van der Waals surface area (Å²) in [6.45, 7) is 5.76. The quantitative estimate of drug-likeness (QED) is 0.793. The Balaban J connectivity index is 2.16. The minimum Gasteiger partial charge on any atom is -0.385 e. The monoisotopic (exact) mass is 271 g/mol. The zero-order valence-electron chi connectivity index (χ0n) is 11.7. The van der Waals surface area contributed by atoms with Gasteiger partial charge in [-0.1, -0.05) is 0 Å². The van der Waals surface area contributed by atoms with Crippen molar-refractivity contribution in [2.45, 2.75) is 32.9 Å². The lowest BCUT2D eigenvalue weighted by Gasteiger charge is -2.09. The summed E-state index contributed by atoms with van der Waals surface area (Å²) in [6.07, 6.45) is 2.98. The first-order chi connectivity index (χ1) is 9.56. The highest BCUT2D eigenvalue weighted by atomic mass is 16.3. The molecule has 3 rings (SSSR count). The van der Waals surface area contributed by atoms with Crippen molar-refractivity contribution in [1.82, 2.24) is 24.4 Å². The smallest absolute Gasteiger partial charge is 0.179 e. The van der Waals surface area contributed by atoms with Gasteiger partial charge in [0.2, 0.25) is 0 Å². The van der Waals surface area contributed by atoms with Crippen LogP contribution in [0.15, 0.2) is 30.6 Å². The van der Waals surface area contributed by atoms with Crippen LogP contribution in [0.4, 0.5) is 0 Å². The van der Waals surface area contributed by atoms with Crippen LogP contribution < -0.4 is 0 Å². The van der Waals surface area contributed by atoms with E-state index in [1.165, 1.54) is 0 Å². The van der Waals surface area contributed by atoms with Crippen LogP contribution in [0.25, 0.3) is 16.9 Å². The number of aromatic nitrogens is 5. The Labute approximate surface area is 116 Å². The summed E-state index contributed by atoms with van der Waals surface area (Å²) >= 11 is 0. The third-order valence-electron chi connectivity index (χ3n) is 3.17. The van der Waals surface area contributed by atoms with Crippen molar-refractivity contribution in [3.8, 4) is 11.4 Å². The molecule has 0 saturated carbocycles. The van der Waals surface area contributed by atoms with Crippen LogP contribution in [0.1, 0.15) is 38.7 Å². The van der Waals surface area contributed by atoms with E-state index in [9.17, 15) is 5.11 Å². The van der Waals surface area contributed by atoms with Crippen LogP contribution in [-0.4, -0.2) is 29.5 Å². The van der Waals surface area contributed by atoms with E-state index < -0.39 is 6.10 Å². The molecule has 0 aliphatic carbocycles. The normalized spacial score (nSPS) is 13.2. The molecule has 0 amide bonds. The molecular weight excluding hydrogens is 254 g/mol. The van der Waals surface area contributed by atoms with Crippen LogP contribution in [0.5, 0.6) is 0 Å². The first-order valence-electron chi connectivity index (χ1n) is 6.64. The van der Waals surface area contributed by atoms with Crippen LogP contribution >= 0.6 is 0 Å². The third-order valence-corrected chi connectivity index (χ3v) is 3.17. The lowest BCUT2D eigenvalue weighted by atomic mass is 10.2. The van der Waals surface area contributed by atoms with E-state index in [0.717, 1.165) is 16.9 Å². The van der Waals surface area contributed by atoms with Gasteiger partial charge >= 0.3 is 0 Å². The van der Waals surface area contributed by atoms with E-state index in [4.69, 9.17) is 0 Å². The van der Waals surface area contributed by atoms with Gasteiger partial charge < -0.3 is 5.11 Å². The third kappa shape index (κ3) is 2.08. The Morgan fingerprint density at radius 2 is 2.00 bits per heavy atom. The van der Waals surface area contributed by atoms with Crippen LogP contribution in [0, 0.1) is 0 Å². The zero-order valence-corrected chi connectivity index (χ0v) is 11.7. The molecule has 104 valence electrons. The van der Waals surface area contributed by atoms with Crippen molar-refractivity contribution < 1.29 is 5.11 Å². The summed E-state index contributed by atoms with van der Waals surface area (Å²) in [4.78, 5) is 4.46. The molecule has 0 aromatic carbocycles. The molecule has 0 saturated heterocycles. The molecule has 3 aromatic rings. The summed E-state index contributed by atoms with van der Waals surface area (Å²) < 4.78 is 3.64. The lowest BCUT2D eigenvalue weighted by molar-refractivity contribution is 0.188. The number of pyridine rings is 1. The fourth-order valence-electron chi connectivity index (χ4n) is 2.13. The van der Waals surface area contributed by atoms with Gasteiger partial charge in [-0.2, -0.15) is 10.2 Å². The highest BCUT2D eigenvalue weighted by Crippen LogP contribution is 2.23. The Morgan fingerprint density at radius 3 is 2.70 bits per heavy atom. The Kier molecular flexibility index (Phi) is 3.02. The molecule has 0 fully saturated rings. The van der Waals surface area contributed by atoms with Crippen molar-refractivity contribution in [2.75, 3.05) is 0 Å². The van der Waals surface area contributed by atoms with E-state index in [2.05, 4.69) is 15.2 Å². The van der Waals surface area contributed by atoms with Crippen LogP contribution in [0.2, 0.25) is 0 Å². The molecule has 20 heavy (non-hydrogen) atoms. The molecule has 0 spiro atoms. The van der Waals surface area contributed by atoms with E-state index in [1.54, 1.807) is 17.6 Å². The number of rotatable bonds is 3. The first-order valence-corrected chi connectivity index (χ1v) is 6.64. The van der Waals surface area contributed by atoms with Gasteiger partial charge in [-0.3, -0.25) is 0 Å². The summed E-state index contributed by atoms with van der Waals surface area (Å²) in [5, 5.41) is 18.2. The van der Waals surface area contributed by atoms with Gasteiger partial charge in [-0.15, -0.1) is 0 Å². The predicted octanol–water partition coefficient (Wildman–Crippen LogP) is 2.23. The lowest BCUT2D eigenvalue weighted by Crippen LogP contribution is -2.06. The van der Waals surface area contributed by atoms with Crippen molar-refractivity contribution in [2.24, 2.45) is 0 Å². The predicted molar refractivity (Wildman–Crippen MR) is 75.2 cm³/mol. The topological polar surface area (TPSA) is 68.2 Å². The highest BCUT2D eigenvalue weighted by Gasteiger charge is 2.17. The number of nitrogens with zero attached hydrogens (tertiary/aromatic N) is 5. The van der Waals surface area contributed by atoms with E-state index in [0.29, 0.717) is 5.82 Å². The van der Waals surface area contributed by atoms with Crippen LogP contribution in [-0.2, 0) is 0 Å². The molecule has 0 radical (unpaired) electrons. The largest absolute Gasteiger partial charge is 0.385 e. The van der Waals surface area contributed by atoms with E-state index in [1.807, 2.05) is 42.9 Å². The Bertz CT molecular complexity index is 741. The Morgan fingerprint density at radius 1 is 1.20 bits per heavy atom. The zero-order chi connectivity index (χ0) is 14.3. The maximum Gasteiger partial charge on any atom is 0.179 e. The fraction of sp³-hybridized carbons (Fsp3) is 0.357. The van der Waals surface area contributed by atoms with Gasteiger partial charge in [0, 0.05) is 24.0 Å². The van der Waals surface area contributed by atoms with Crippen molar-refractivity contribution >= 4 is 5.52 Å². The van der Waals surface area contributed by atoms with Gasteiger partial charge in [0.25, 0.3) is 0 Å². The van der Waals surface area contributed by atoms with Crippen molar-refractivity contribution in [1.29, 1.82) is 0 Å². The second-order valence-electron chi connectivity index (χ2n) is 5.12. The SMILES string of the molecule is CC(O)c1nc(-c2ccn3nccc3c2)n(C(C)C)n1. The number of hydrogen-bond donors (Lipinski definition) is 1. The number of aliphatic hydroxyl groups excluding tert-OH is 1. The van der Waals surface area contributed by atoms with Crippen molar-refractivity contribution in [3.05, 3.63) is 36.4 Å². The molecule has 6 heteroatoms. The summed E-state index contributed by atoms with van der Waals surface area (Å²) in [5.41, 5.74) is 1.96. The maximum atomic E-state index is 9.68. The molecule has 3 aromatic heterocycles. The van der Waals surface area contributed by atoms with Crippen LogP contribution in [0.3, 0.4) is 0 Å². The second kappa shape index (κ2) is 4.72. The molecule has 1 atom stereocenters. The Hall–Kier alpha value is -2.21. The molecule has 0 aliphatic rings. The van der Waals surface area contributed by atoms with Gasteiger partial charge in [-0.05, 0) is 39.0 Å². The number of aliphatic hydroxyl groups is 1. The van der Waals surface area contributed by atoms with E-state index >= 15 is 0 Å². The average Bonchev–Trinajstić information content (AvgIpc) is 3.04. The fourth-order valence-corrected chi connectivity index (χ4v) is 2.13. The minimum atomic E-state index is -0.674. The number of hydrogen-bond acceptors (Lipinski definition) is 4. The van der Waals surface area contributed by atoms with Gasteiger partial charge in [-0.25, -0.2) is 14.2 Å². The summed E-state index contributed by atoms with van der Waals surface area (Å²) in [7, 11) is 0. The first kappa shape index (κ1) is 12.8. The molecule has 1 unspecified atom stereocenters. The summed E-state index contributed by atoms with van der Waals surface area (Å²) in [5.74, 6) is 1.21. The van der Waals surface area contributed by atoms with Gasteiger partial charge in [0.15, 0.2) is 11.6 Å². The summed E-state index contributed by atoms with van der Waals surface area (Å²) in [6, 6.07) is 6.08. The minimum absolute atomic E-state index is 0.172. The standard InChI is InChI=1S/C14H17N5O/c1-9(2)19-14(16-13(17-19)10(3)20)11-5-7-18-12(8-11)4-6-15-18/h4-10,20H,1-3H3.